The molecule has 1 saturated carbocycles. The third-order valence-corrected chi connectivity index (χ3v) is 5.98. The van der Waals surface area contributed by atoms with Crippen molar-refractivity contribution in [3.63, 3.8) is 0 Å². The Balaban J connectivity index is 1.48. The zero-order valence-corrected chi connectivity index (χ0v) is 16.7. The molecular weight excluding hydrogens is 382 g/mol. The number of hydrogen-bond acceptors (Lipinski definition) is 5. The zero-order chi connectivity index (χ0) is 21.1. The standard InChI is InChI=1S/C24H25NO5/c1-2-14-29-22(27)24(13-7-12-21(24)26)25-23(28)30-15-20-18-10-5-3-8-16(18)17-9-4-6-11-19(17)20/h2-6,8-11,20-21,26H,1,7,12-15H2,(H,25,28)/t21-,24+/m0/s1. The van der Waals surface area contributed by atoms with Crippen LogP contribution in [-0.4, -0.2) is 42.0 Å². The first-order chi connectivity index (χ1) is 14.6. The number of aliphatic hydroxyl groups is 1. The number of amides is 1. The van der Waals surface area contributed by atoms with Crippen LogP contribution in [0.1, 0.15) is 36.3 Å². The predicted octanol–water partition coefficient (Wildman–Crippen LogP) is 3.54. The molecule has 0 radical (unpaired) electrons. The molecule has 0 aliphatic heterocycles. The highest BCUT2D eigenvalue weighted by Gasteiger charge is 2.51. The molecule has 2 aromatic rings. The second kappa shape index (κ2) is 8.32. The van der Waals surface area contributed by atoms with Gasteiger partial charge in [-0.05, 0) is 41.5 Å². The summed E-state index contributed by atoms with van der Waals surface area (Å²) in [7, 11) is 0. The number of carbonyl (C=O) groups excluding carboxylic acids is 2. The molecule has 30 heavy (non-hydrogen) atoms. The third kappa shape index (κ3) is 3.48. The topological polar surface area (TPSA) is 84.9 Å². The van der Waals surface area contributed by atoms with Crippen molar-refractivity contribution in [3.05, 3.63) is 72.3 Å². The molecule has 1 fully saturated rings. The van der Waals surface area contributed by atoms with E-state index in [2.05, 4.69) is 24.0 Å². The van der Waals surface area contributed by atoms with Crippen molar-refractivity contribution in [2.75, 3.05) is 13.2 Å². The molecule has 2 aliphatic carbocycles. The fourth-order valence-electron chi connectivity index (χ4n) is 4.50. The van der Waals surface area contributed by atoms with Crippen molar-refractivity contribution in [2.24, 2.45) is 0 Å². The van der Waals surface area contributed by atoms with E-state index < -0.39 is 23.7 Å². The van der Waals surface area contributed by atoms with Gasteiger partial charge in [-0.2, -0.15) is 0 Å². The van der Waals surface area contributed by atoms with Crippen LogP contribution in [0.2, 0.25) is 0 Å². The Morgan fingerprint density at radius 2 is 1.73 bits per heavy atom. The van der Waals surface area contributed by atoms with Crippen LogP contribution in [0.5, 0.6) is 0 Å². The van der Waals surface area contributed by atoms with Gasteiger partial charge in [0, 0.05) is 5.92 Å². The van der Waals surface area contributed by atoms with Gasteiger partial charge in [-0.25, -0.2) is 9.59 Å². The van der Waals surface area contributed by atoms with Gasteiger partial charge in [0.15, 0.2) is 5.54 Å². The Kier molecular flexibility index (Phi) is 5.59. The van der Waals surface area contributed by atoms with Gasteiger partial charge in [0.25, 0.3) is 0 Å². The van der Waals surface area contributed by atoms with Gasteiger partial charge in [0.1, 0.15) is 13.2 Å². The quantitative estimate of drug-likeness (QED) is 0.565. The number of esters is 1. The molecule has 1 amide bonds. The number of fused-ring (bicyclic) bond motifs is 3. The second-order valence-corrected chi connectivity index (χ2v) is 7.72. The van der Waals surface area contributed by atoms with Crippen LogP contribution in [0, 0.1) is 0 Å². The summed E-state index contributed by atoms with van der Waals surface area (Å²) < 4.78 is 10.7. The molecule has 0 heterocycles. The lowest BCUT2D eigenvalue weighted by atomic mass is 9.95. The van der Waals surface area contributed by atoms with E-state index in [1.165, 1.54) is 6.08 Å². The molecule has 0 saturated heterocycles. The normalized spacial score (nSPS) is 22.1. The Labute approximate surface area is 175 Å². The number of nitrogens with one attached hydrogen (secondary N) is 1. The average molecular weight is 407 g/mol. The van der Waals surface area contributed by atoms with Gasteiger partial charge in [0.2, 0.25) is 0 Å². The predicted molar refractivity (Wildman–Crippen MR) is 112 cm³/mol. The molecule has 2 N–H and O–H groups in total. The Morgan fingerprint density at radius 3 is 2.30 bits per heavy atom. The van der Waals surface area contributed by atoms with Crippen LogP contribution in [0.25, 0.3) is 11.1 Å². The van der Waals surface area contributed by atoms with Crippen molar-refractivity contribution in [2.45, 2.75) is 36.8 Å². The summed E-state index contributed by atoms with van der Waals surface area (Å²) >= 11 is 0. The highest BCUT2D eigenvalue weighted by Crippen LogP contribution is 2.44. The first-order valence-corrected chi connectivity index (χ1v) is 10.2. The number of carbonyl (C=O) groups is 2. The summed E-state index contributed by atoms with van der Waals surface area (Å²) in [5.41, 5.74) is 3.00. The van der Waals surface area contributed by atoms with Crippen LogP contribution < -0.4 is 5.32 Å². The number of aliphatic hydroxyl groups excluding tert-OH is 1. The molecule has 0 aromatic heterocycles. The van der Waals surface area contributed by atoms with Crippen molar-refractivity contribution in [1.29, 1.82) is 0 Å². The molecule has 2 aromatic carbocycles. The lowest BCUT2D eigenvalue weighted by Gasteiger charge is -2.30. The number of rotatable bonds is 6. The molecule has 6 heteroatoms. The van der Waals surface area contributed by atoms with Crippen LogP contribution >= 0.6 is 0 Å². The van der Waals surface area contributed by atoms with Crippen molar-refractivity contribution < 1.29 is 24.2 Å². The second-order valence-electron chi connectivity index (χ2n) is 7.72. The van der Waals surface area contributed by atoms with Gasteiger partial charge in [-0.1, -0.05) is 61.2 Å². The Hall–Kier alpha value is -3.12. The third-order valence-electron chi connectivity index (χ3n) is 5.98. The largest absolute Gasteiger partial charge is 0.460 e. The number of alkyl carbamates (subject to hydrolysis) is 1. The van der Waals surface area contributed by atoms with Gasteiger partial charge in [-0.3, -0.25) is 0 Å². The smallest absolute Gasteiger partial charge is 0.408 e. The summed E-state index contributed by atoms with van der Waals surface area (Å²) in [5.74, 6) is -0.749. The van der Waals surface area contributed by atoms with Crippen LogP contribution in [0.4, 0.5) is 4.79 Å². The maximum Gasteiger partial charge on any atom is 0.408 e. The molecular formula is C24H25NO5. The maximum absolute atomic E-state index is 12.6. The van der Waals surface area contributed by atoms with Gasteiger partial charge < -0.3 is 19.9 Å². The zero-order valence-electron chi connectivity index (χ0n) is 16.7. The van der Waals surface area contributed by atoms with Gasteiger partial charge in [0.05, 0.1) is 6.10 Å². The van der Waals surface area contributed by atoms with E-state index in [9.17, 15) is 14.7 Å². The summed E-state index contributed by atoms with van der Waals surface area (Å²) in [5, 5.41) is 13.0. The number of benzene rings is 2. The van der Waals surface area contributed by atoms with E-state index in [1.807, 2.05) is 36.4 Å². The van der Waals surface area contributed by atoms with E-state index in [0.29, 0.717) is 19.3 Å². The minimum atomic E-state index is -1.48. The van der Waals surface area contributed by atoms with Crippen molar-refractivity contribution in [1.82, 2.24) is 5.32 Å². The average Bonchev–Trinajstić information content (AvgIpc) is 3.29. The molecule has 156 valence electrons. The van der Waals surface area contributed by atoms with Gasteiger partial charge in [-0.15, -0.1) is 0 Å². The van der Waals surface area contributed by atoms with Crippen LogP contribution in [0.3, 0.4) is 0 Å². The first kappa shape index (κ1) is 20.2. The first-order valence-electron chi connectivity index (χ1n) is 10.2. The Bertz CT molecular complexity index is 926. The number of hydrogen-bond donors (Lipinski definition) is 2. The minimum absolute atomic E-state index is 0.0136. The van der Waals surface area contributed by atoms with E-state index >= 15 is 0 Å². The fourth-order valence-corrected chi connectivity index (χ4v) is 4.50. The summed E-state index contributed by atoms with van der Waals surface area (Å²) in [6, 6.07) is 16.1. The molecule has 2 atom stereocenters. The molecule has 6 nitrogen and oxygen atoms in total. The van der Waals surface area contributed by atoms with Crippen molar-refractivity contribution >= 4 is 12.1 Å². The molecule has 0 bridgehead atoms. The van der Waals surface area contributed by atoms with Gasteiger partial charge >= 0.3 is 12.1 Å². The molecule has 0 unspecified atom stereocenters. The van der Waals surface area contributed by atoms with E-state index in [-0.39, 0.29) is 19.1 Å². The number of ether oxygens (including phenoxy) is 2. The van der Waals surface area contributed by atoms with Crippen molar-refractivity contribution in [3.8, 4) is 11.1 Å². The van der Waals surface area contributed by atoms with E-state index in [1.54, 1.807) is 0 Å². The molecule has 2 aliphatic rings. The Morgan fingerprint density at radius 1 is 1.10 bits per heavy atom. The maximum atomic E-state index is 12.6. The van der Waals surface area contributed by atoms with Crippen LogP contribution in [-0.2, 0) is 14.3 Å². The van der Waals surface area contributed by atoms with E-state index in [0.717, 1.165) is 22.3 Å². The summed E-state index contributed by atoms with van der Waals surface area (Å²) in [6.45, 7) is 3.67. The van der Waals surface area contributed by atoms with Crippen LogP contribution in [0.15, 0.2) is 61.2 Å². The highest BCUT2D eigenvalue weighted by atomic mass is 16.6. The molecule has 4 rings (SSSR count). The summed E-state index contributed by atoms with van der Waals surface area (Å²) in [4.78, 5) is 25.2. The highest BCUT2D eigenvalue weighted by molar-refractivity contribution is 5.87. The minimum Gasteiger partial charge on any atom is -0.460 e. The SMILES string of the molecule is C=CCOC(=O)[C@@]1(NC(=O)OCC2c3ccccc3-c3ccccc32)CCC[C@@H]1O. The molecule has 0 spiro atoms. The lowest BCUT2D eigenvalue weighted by Crippen LogP contribution is -2.60. The monoisotopic (exact) mass is 407 g/mol. The fraction of sp³-hybridized carbons (Fsp3) is 0.333. The van der Waals surface area contributed by atoms with E-state index in [4.69, 9.17) is 9.47 Å². The summed E-state index contributed by atoms with van der Waals surface area (Å²) in [6.07, 6.45) is 0.999. The lowest BCUT2D eigenvalue weighted by molar-refractivity contribution is -0.154.